The second-order valence-electron chi connectivity index (χ2n) is 3.55. The van der Waals surface area contributed by atoms with Crippen molar-refractivity contribution in [3.8, 4) is 0 Å². The van der Waals surface area contributed by atoms with Crippen LogP contribution in [-0.2, 0) is 14.3 Å². The number of benzene rings is 1. The molecule has 0 aliphatic heterocycles. The first kappa shape index (κ1) is 12.9. The second-order valence-corrected chi connectivity index (χ2v) is 4.77. The molecule has 1 aromatic carbocycles. The zero-order chi connectivity index (χ0) is 12.2. The predicted molar refractivity (Wildman–Crippen MR) is 68.4 cm³/mol. The van der Waals surface area contributed by atoms with Crippen LogP contribution in [0.2, 0.25) is 0 Å². The number of rotatable bonds is 4. The van der Waals surface area contributed by atoms with Crippen LogP contribution < -0.4 is 5.73 Å². The lowest BCUT2D eigenvalue weighted by atomic mass is 9.98. The van der Waals surface area contributed by atoms with Crippen LogP contribution in [0.3, 0.4) is 0 Å². The molecule has 3 nitrogen and oxygen atoms in total. The second kappa shape index (κ2) is 5.25. The number of ether oxygens (including phenoxy) is 1. The van der Waals surface area contributed by atoms with E-state index >= 15 is 0 Å². The van der Waals surface area contributed by atoms with Gasteiger partial charge < -0.3 is 10.5 Å². The summed E-state index contributed by atoms with van der Waals surface area (Å²) in [5, 5.41) is 0. The summed E-state index contributed by atoms with van der Waals surface area (Å²) < 4.78 is 4.36. The van der Waals surface area contributed by atoms with Gasteiger partial charge in [-0.25, -0.2) is 0 Å². The van der Waals surface area contributed by atoms with E-state index in [2.05, 4.69) is 0 Å². The maximum Gasteiger partial charge on any atom is 0.326 e. The summed E-state index contributed by atoms with van der Waals surface area (Å²) >= 11 is 1.43. The first-order valence-corrected chi connectivity index (χ1v) is 6.36. The Morgan fingerprint density at radius 3 is 2.62 bits per heavy atom. The van der Waals surface area contributed by atoms with Gasteiger partial charge in [-0.3, -0.25) is 4.79 Å². The average Bonchev–Trinajstić information content (AvgIpc) is 2.29. The highest BCUT2D eigenvalue weighted by Gasteiger charge is 2.37. The summed E-state index contributed by atoms with van der Waals surface area (Å²) in [6.45, 7) is 4.01. The van der Waals surface area contributed by atoms with Crippen LogP contribution in [0, 0.1) is 0 Å². The molecule has 0 aliphatic carbocycles. The number of para-hydroxylation sites is 1. The van der Waals surface area contributed by atoms with E-state index in [9.17, 15) is 4.79 Å². The van der Waals surface area contributed by atoms with Crippen molar-refractivity contribution in [1.29, 1.82) is 0 Å². The van der Waals surface area contributed by atoms with Crippen molar-refractivity contribution in [3.63, 3.8) is 0 Å². The van der Waals surface area contributed by atoms with Crippen molar-refractivity contribution >= 4 is 23.4 Å². The summed E-state index contributed by atoms with van der Waals surface area (Å²) in [5.41, 5.74) is 7.32. The van der Waals surface area contributed by atoms with Gasteiger partial charge in [-0.1, -0.05) is 18.2 Å². The smallest absolute Gasteiger partial charge is 0.326 e. The fourth-order valence-electron chi connectivity index (χ4n) is 1.50. The molecule has 0 heterocycles. The number of carbonyl (C=O) groups is 1. The van der Waals surface area contributed by atoms with Gasteiger partial charge in [0.05, 0.1) is 6.61 Å². The van der Waals surface area contributed by atoms with E-state index in [0.29, 0.717) is 12.3 Å². The molecular weight excluding hydrogens is 222 g/mol. The largest absolute Gasteiger partial charge is 0.465 e. The summed E-state index contributed by atoms with van der Waals surface area (Å²) in [7, 11) is 0. The predicted octanol–water partition coefficient (Wildman–Crippen LogP) is 2.41. The molecule has 0 bridgehead atoms. The normalized spacial score (nSPS) is 14.2. The molecule has 0 saturated carbocycles. The monoisotopic (exact) mass is 239 g/mol. The third-order valence-corrected chi connectivity index (χ3v) is 3.75. The third kappa shape index (κ3) is 2.32. The Labute approximate surface area is 100 Å². The quantitative estimate of drug-likeness (QED) is 0.647. The molecule has 0 radical (unpaired) electrons. The van der Waals surface area contributed by atoms with Gasteiger partial charge in [-0.15, -0.1) is 11.8 Å². The van der Waals surface area contributed by atoms with Crippen LogP contribution in [0.1, 0.15) is 19.4 Å². The van der Waals surface area contributed by atoms with Crippen LogP contribution in [0.15, 0.2) is 24.3 Å². The molecule has 0 fully saturated rings. The highest BCUT2D eigenvalue weighted by atomic mass is 32.2. The van der Waals surface area contributed by atoms with E-state index in [0.717, 1.165) is 5.56 Å². The van der Waals surface area contributed by atoms with E-state index in [1.807, 2.05) is 31.4 Å². The molecule has 0 aromatic heterocycles. The number of thioether (sulfide) groups is 1. The number of esters is 1. The van der Waals surface area contributed by atoms with Gasteiger partial charge in [-0.2, -0.15) is 0 Å². The van der Waals surface area contributed by atoms with E-state index in [-0.39, 0.29) is 5.97 Å². The Morgan fingerprint density at radius 2 is 2.12 bits per heavy atom. The Morgan fingerprint density at radius 1 is 1.50 bits per heavy atom. The van der Waals surface area contributed by atoms with Gasteiger partial charge in [0.15, 0.2) is 0 Å². The first-order valence-electron chi connectivity index (χ1n) is 5.13. The molecule has 16 heavy (non-hydrogen) atoms. The van der Waals surface area contributed by atoms with Gasteiger partial charge in [0, 0.05) is 11.3 Å². The standard InChI is InChI=1S/C12H17NO2S/c1-4-15-11(14)12(2,16-3)9-7-5-6-8-10(9)13/h5-8H,4,13H2,1-3H3. The Hall–Kier alpha value is -1.16. The minimum atomic E-state index is -0.735. The van der Waals surface area contributed by atoms with Crippen molar-refractivity contribution in [2.75, 3.05) is 18.6 Å². The van der Waals surface area contributed by atoms with Gasteiger partial charge in [0.25, 0.3) is 0 Å². The van der Waals surface area contributed by atoms with Crippen LogP contribution in [0.4, 0.5) is 5.69 Å². The number of nitrogens with two attached hydrogens (primary N) is 1. The fraction of sp³-hybridized carbons (Fsp3) is 0.417. The minimum Gasteiger partial charge on any atom is -0.465 e. The molecule has 1 unspecified atom stereocenters. The van der Waals surface area contributed by atoms with Crippen molar-refractivity contribution in [3.05, 3.63) is 29.8 Å². The SMILES string of the molecule is CCOC(=O)C(C)(SC)c1ccccc1N. The number of nitrogen functional groups attached to an aromatic ring is 1. The average molecular weight is 239 g/mol. The highest BCUT2D eigenvalue weighted by Crippen LogP contribution is 2.38. The van der Waals surface area contributed by atoms with E-state index in [1.165, 1.54) is 11.8 Å². The topological polar surface area (TPSA) is 52.3 Å². The van der Waals surface area contributed by atoms with Crippen LogP contribution >= 0.6 is 11.8 Å². The fourth-order valence-corrected chi connectivity index (χ4v) is 2.13. The zero-order valence-corrected chi connectivity index (χ0v) is 10.6. The maximum absolute atomic E-state index is 12.0. The Kier molecular flexibility index (Phi) is 4.24. The molecular formula is C12H17NO2S. The minimum absolute atomic E-state index is 0.250. The maximum atomic E-state index is 12.0. The zero-order valence-electron chi connectivity index (χ0n) is 9.82. The van der Waals surface area contributed by atoms with Gasteiger partial charge in [-0.05, 0) is 26.2 Å². The van der Waals surface area contributed by atoms with E-state index in [4.69, 9.17) is 10.5 Å². The molecule has 1 aromatic rings. The highest BCUT2D eigenvalue weighted by molar-refractivity contribution is 8.00. The molecule has 88 valence electrons. The number of hydrogen-bond acceptors (Lipinski definition) is 4. The molecule has 1 rings (SSSR count). The molecule has 0 aliphatic rings. The molecule has 0 spiro atoms. The van der Waals surface area contributed by atoms with Crippen molar-refractivity contribution in [2.45, 2.75) is 18.6 Å². The summed E-state index contributed by atoms with van der Waals surface area (Å²) in [6.07, 6.45) is 1.88. The number of carbonyl (C=O) groups excluding carboxylic acids is 1. The third-order valence-electron chi connectivity index (χ3n) is 2.55. The lowest BCUT2D eigenvalue weighted by molar-refractivity contribution is -0.145. The van der Waals surface area contributed by atoms with Crippen LogP contribution in [0.5, 0.6) is 0 Å². The summed E-state index contributed by atoms with van der Waals surface area (Å²) in [4.78, 5) is 12.0. The van der Waals surface area contributed by atoms with Gasteiger partial charge in [0.2, 0.25) is 0 Å². The van der Waals surface area contributed by atoms with Crippen molar-refractivity contribution in [2.24, 2.45) is 0 Å². The van der Waals surface area contributed by atoms with Crippen molar-refractivity contribution in [1.82, 2.24) is 0 Å². The van der Waals surface area contributed by atoms with Crippen molar-refractivity contribution < 1.29 is 9.53 Å². The Bertz CT molecular complexity index is 381. The van der Waals surface area contributed by atoms with Crippen LogP contribution in [0.25, 0.3) is 0 Å². The molecule has 4 heteroatoms. The first-order chi connectivity index (χ1) is 7.56. The molecule has 0 amide bonds. The summed E-state index contributed by atoms with van der Waals surface area (Å²) in [6, 6.07) is 7.38. The number of hydrogen-bond donors (Lipinski definition) is 1. The number of anilines is 1. The van der Waals surface area contributed by atoms with E-state index in [1.54, 1.807) is 13.0 Å². The Balaban J connectivity index is 3.14. The van der Waals surface area contributed by atoms with E-state index < -0.39 is 4.75 Å². The lowest BCUT2D eigenvalue weighted by Gasteiger charge is -2.26. The summed E-state index contributed by atoms with van der Waals surface area (Å²) in [5.74, 6) is -0.250. The van der Waals surface area contributed by atoms with Gasteiger partial charge >= 0.3 is 5.97 Å². The van der Waals surface area contributed by atoms with Gasteiger partial charge in [0.1, 0.15) is 4.75 Å². The molecule has 1 atom stereocenters. The molecule has 0 saturated heterocycles. The molecule has 2 N–H and O–H groups in total. The van der Waals surface area contributed by atoms with Crippen LogP contribution in [-0.4, -0.2) is 18.8 Å². The lowest BCUT2D eigenvalue weighted by Crippen LogP contribution is -2.31.